The Hall–Kier alpha value is -4.04. The summed E-state index contributed by atoms with van der Waals surface area (Å²) >= 11 is 0. The van der Waals surface area contributed by atoms with Crippen molar-refractivity contribution in [2.75, 3.05) is 46.6 Å². The molecular formula is C32H41N3O5. The first kappa shape index (κ1) is 30.5. The Morgan fingerprint density at radius 2 is 1.55 bits per heavy atom. The number of amides is 1. The molecule has 214 valence electrons. The highest BCUT2D eigenvalue weighted by Gasteiger charge is 2.09. The lowest BCUT2D eigenvalue weighted by atomic mass is 9.99. The highest BCUT2D eigenvalue weighted by Crippen LogP contribution is 2.28. The lowest BCUT2D eigenvalue weighted by molar-refractivity contribution is 0.139. The van der Waals surface area contributed by atoms with E-state index in [4.69, 9.17) is 24.7 Å². The van der Waals surface area contributed by atoms with Crippen LogP contribution in [0.3, 0.4) is 0 Å². The van der Waals surface area contributed by atoms with Crippen molar-refractivity contribution in [2.45, 2.75) is 33.6 Å². The van der Waals surface area contributed by atoms with E-state index in [1.54, 1.807) is 7.11 Å². The molecule has 40 heavy (non-hydrogen) atoms. The summed E-state index contributed by atoms with van der Waals surface area (Å²) in [5.41, 5.74) is 9.97. The molecule has 8 nitrogen and oxygen atoms in total. The van der Waals surface area contributed by atoms with Crippen LogP contribution >= 0.6 is 0 Å². The first-order valence-corrected chi connectivity index (χ1v) is 13.8. The number of aliphatic imine (C=N–C) groups is 1. The van der Waals surface area contributed by atoms with Crippen LogP contribution in [0.5, 0.6) is 17.2 Å². The van der Waals surface area contributed by atoms with E-state index in [0.717, 1.165) is 59.9 Å². The van der Waals surface area contributed by atoms with Gasteiger partial charge in [-0.05, 0) is 60.5 Å². The number of rotatable bonds is 15. The summed E-state index contributed by atoms with van der Waals surface area (Å²) in [6.45, 7) is 9.90. The summed E-state index contributed by atoms with van der Waals surface area (Å²) in [4.78, 5) is 18.1. The van der Waals surface area contributed by atoms with Crippen LogP contribution in [0.25, 0.3) is 11.1 Å². The van der Waals surface area contributed by atoms with Gasteiger partial charge in [-0.25, -0.2) is 4.79 Å². The minimum absolute atomic E-state index is 0.131. The maximum Gasteiger partial charge on any atom is 0.435 e. The number of aryl methyl sites for hydroxylation is 1. The fourth-order valence-electron chi connectivity index (χ4n) is 4.20. The van der Waals surface area contributed by atoms with Gasteiger partial charge in [-0.1, -0.05) is 63.6 Å². The topological polar surface area (TPSA) is 95.6 Å². The van der Waals surface area contributed by atoms with E-state index in [1.165, 1.54) is 0 Å². The Kier molecular flexibility index (Phi) is 12.3. The Labute approximate surface area is 237 Å². The van der Waals surface area contributed by atoms with Crippen LogP contribution in [0.15, 0.2) is 71.7 Å². The molecule has 1 amide bonds. The number of methoxy groups -OCH3 is 1. The predicted molar refractivity (Wildman–Crippen MR) is 160 cm³/mol. The molecule has 0 fully saturated rings. The van der Waals surface area contributed by atoms with Gasteiger partial charge < -0.3 is 29.6 Å². The number of hydrogen-bond donors (Lipinski definition) is 1. The molecule has 3 aromatic carbocycles. The fraction of sp³-hybridized carbons (Fsp3) is 0.375. The summed E-state index contributed by atoms with van der Waals surface area (Å²) in [5, 5.41) is 0. The third-order valence-corrected chi connectivity index (χ3v) is 6.48. The van der Waals surface area contributed by atoms with Gasteiger partial charge >= 0.3 is 6.09 Å². The molecule has 0 aliphatic carbocycles. The highest BCUT2D eigenvalue weighted by atomic mass is 16.5. The monoisotopic (exact) mass is 547 g/mol. The first-order valence-electron chi connectivity index (χ1n) is 13.8. The first-order chi connectivity index (χ1) is 19.5. The maximum atomic E-state index is 12.1. The molecule has 0 heterocycles. The van der Waals surface area contributed by atoms with Crippen molar-refractivity contribution in [1.82, 2.24) is 4.90 Å². The Morgan fingerprint density at radius 1 is 0.850 bits per heavy atom. The van der Waals surface area contributed by atoms with Crippen molar-refractivity contribution in [1.29, 1.82) is 0 Å². The van der Waals surface area contributed by atoms with E-state index in [-0.39, 0.29) is 12.4 Å². The molecule has 0 aliphatic rings. The number of carbonyl (C=O) groups excluding carboxylic acids is 1. The number of hydrogen-bond acceptors (Lipinski definition) is 6. The molecule has 0 aromatic heterocycles. The number of likely N-dealkylation sites (N-methyl/N-ethyl adjacent to an activating group) is 1. The van der Waals surface area contributed by atoms with E-state index in [9.17, 15) is 4.79 Å². The Morgan fingerprint density at radius 3 is 2.25 bits per heavy atom. The summed E-state index contributed by atoms with van der Waals surface area (Å²) < 4.78 is 22.3. The van der Waals surface area contributed by atoms with Gasteiger partial charge in [0.15, 0.2) is 0 Å². The van der Waals surface area contributed by atoms with Crippen LogP contribution in [-0.2, 0) is 11.2 Å². The second-order valence-corrected chi connectivity index (χ2v) is 9.16. The molecule has 8 heteroatoms. The van der Waals surface area contributed by atoms with Gasteiger partial charge in [0.05, 0.1) is 7.11 Å². The van der Waals surface area contributed by atoms with Crippen molar-refractivity contribution in [3.8, 4) is 28.4 Å². The van der Waals surface area contributed by atoms with Crippen molar-refractivity contribution in [2.24, 2.45) is 10.7 Å². The third-order valence-electron chi connectivity index (χ3n) is 6.48. The molecule has 0 unspecified atom stereocenters. The molecule has 0 atom stereocenters. The van der Waals surface area contributed by atoms with Crippen molar-refractivity contribution >= 4 is 11.9 Å². The summed E-state index contributed by atoms with van der Waals surface area (Å²) in [6.07, 6.45) is 1.22. The van der Waals surface area contributed by atoms with Crippen LogP contribution in [0, 0.1) is 0 Å². The van der Waals surface area contributed by atoms with Crippen LogP contribution in [0.2, 0.25) is 0 Å². The van der Waals surface area contributed by atoms with Gasteiger partial charge in [-0.2, -0.15) is 4.99 Å². The molecule has 0 spiro atoms. The molecule has 3 rings (SSSR count). The molecule has 0 aliphatic heterocycles. The van der Waals surface area contributed by atoms with Crippen molar-refractivity contribution < 1.29 is 23.7 Å². The number of ether oxygens (including phenoxy) is 4. The smallest absolute Gasteiger partial charge is 0.435 e. The summed E-state index contributed by atoms with van der Waals surface area (Å²) in [5.74, 6) is 2.48. The number of nitrogens with two attached hydrogens (primary N) is 1. The van der Waals surface area contributed by atoms with Crippen LogP contribution in [0.4, 0.5) is 4.79 Å². The second kappa shape index (κ2) is 16.2. The molecule has 0 bridgehead atoms. The van der Waals surface area contributed by atoms with E-state index in [2.05, 4.69) is 36.7 Å². The molecule has 2 N–H and O–H groups in total. The average Bonchev–Trinajstić information content (AvgIpc) is 2.98. The lowest BCUT2D eigenvalue weighted by Gasteiger charge is -2.16. The quantitative estimate of drug-likeness (QED) is 0.143. The van der Waals surface area contributed by atoms with E-state index < -0.39 is 6.09 Å². The zero-order chi connectivity index (χ0) is 28.7. The van der Waals surface area contributed by atoms with E-state index in [1.807, 2.05) is 60.7 Å². The van der Waals surface area contributed by atoms with Crippen molar-refractivity contribution in [3.05, 3.63) is 77.9 Å². The van der Waals surface area contributed by atoms with Gasteiger partial charge in [0.1, 0.15) is 42.9 Å². The van der Waals surface area contributed by atoms with Crippen LogP contribution in [0.1, 0.15) is 38.3 Å². The molecule has 3 aromatic rings. The number of benzene rings is 3. The highest BCUT2D eigenvalue weighted by molar-refractivity contribution is 6.03. The molecular weight excluding hydrogens is 506 g/mol. The Balaban J connectivity index is 1.59. The van der Waals surface area contributed by atoms with E-state index in [0.29, 0.717) is 25.3 Å². The zero-order valence-corrected chi connectivity index (χ0v) is 24.0. The van der Waals surface area contributed by atoms with Crippen LogP contribution in [-0.4, -0.2) is 63.4 Å². The number of nitrogens with zero attached hydrogens (tertiary/aromatic N) is 2. The van der Waals surface area contributed by atoms with Gasteiger partial charge in [-0.3, -0.25) is 0 Å². The van der Waals surface area contributed by atoms with Gasteiger partial charge in [0, 0.05) is 18.2 Å². The van der Waals surface area contributed by atoms with Crippen molar-refractivity contribution in [3.63, 3.8) is 0 Å². The number of amidine groups is 1. The standard InChI is InChI=1S/C32H41N3O5/c1-5-9-27-22-26(16-17-30(27)39-21-20-38-29-11-8-10-28(23-29)37-4)24-12-14-25(15-13-24)31(33)34-32(36)40-19-18-35(6-2)7-3/h8,10-17,22-23H,5-7,9,18-21H2,1-4H3,(H2,33,34,36). The van der Waals surface area contributed by atoms with E-state index >= 15 is 0 Å². The third kappa shape index (κ3) is 9.31. The lowest BCUT2D eigenvalue weighted by Crippen LogP contribution is -2.27. The minimum atomic E-state index is -0.678. The van der Waals surface area contributed by atoms with Gasteiger partial charge in [-0.15, -0.1) is 0 Å². The van der Waals surface area contributed by atoms with Gasteiger partial charge in [0.25, 0.3) is 0 Å². The zero-order valence-electron chi connectivity index (χ0n) is 24.0. The summed E-state index contributed by atoms with van der Waals surface area (Å²) in [7, 11) is 1.63. The fourth-order valence-corrected chi connectivity index (χ4v) is 4.20. The number of carbonyl (C=O) groups is 1. The second-order valence-electron chi connectivity index (χ2n) is 9.16. The normalized spacial score (nSPS) is 11.4. The predicted octanol–water partition coefficient (Wildman–Crippen LogP) is 5.96. The minimum Gasteiger partial charge on any atom is -0.497 e. The average molecular weight is 548 g/mol. The molecule has 0 saturated carbocycles. The summed E-state index contributed by atoms with van der Waals surface area (Å²) in [6, 6.07) is 21.4. The largest absolute Gasteiger partial charge is 0.497 e. The molecule has 0 saturated heterocycles. The maximum absolute atomic E-state index is 12.1. The Bertz CT molecular complexity index is 1240. The van der Waals surface area contributed by atoms with Crippen LogP contribution < -0.4 is 19.9 Å². The van der Waals surface area contributed by atoms with Gasteiger partial charge in [0.2, 0.25) is 0 Å². The SMILES string of the molecule is CCCc1cc(-c2ccc(C(N)=NC(=O)OCCN(CC)CC)cc2)ccc1OCCOc1cccc(OC)c1. The molecule has 0 radical (unpaired) electrons.